The third-order valence-electron chi connectivity index (χ3n) is 2.19. The van der Waals surface area contributed by atoms with Crippen molar-refractivity contribution in [3.05, 3.63) is 29.6 Å². The Hall–Kier alpha value is -1.13. The average Bonchev–Trinajstić information content (AvgIpc) is 3.02. The van der Waals surface area contributed by atoms with Crippen LogP contribution in [-0.2, 0) is 16.1 Å². The molecule has 0 radical (unpaired) electrons. The summed E-state index contributed by atoms with van der Waals surface area (Å²) in [6.07, 6.45) is 0.244. The molecule has 0 aromatic heterocycles. The van der Waals surface area contributed by atoms with E-state index in [2.05, 4.69) is 0 Å². The molecular formula is C11H13FO3. The van der Waals surface area contributed by atoms with Gasteiger partial charge in [0.05, 0.1) is 26.9 Å². The second-order valence-corrected chi connectivity index (χ2v) is 3.44. The first-order valence-corrected chi connectivity index (χ1v) is 4.81. The van der Waals surface area contributed by atoms with Gasteiger partial charge in [-0.15, -0.1) is 0 Å². The average molecular weight is 212 g/mol. The van der Waals surface area contributed by atoms with E-state index < -0.39 is 0 Å². The maximum Gasteiger partial charge on any atom is 0.165 e. The molecule has 0 N–H and O–H groups in total. The zero-order valence-corrected chi connectivity index (χ0v) is 8.53. The summed E-state index contributed by atoms with van der Waals surface area (Å²) in [5.74, 6) is -0.106. The Labute approximate surface area is 87.8 Å². The van der Waals surface area contributed by atoms with Gasteiger partial charge in [-0.05, 0) is 17.7 Å². The molecule has 1 saturated heterocycles. The quantitative estimate of drug-likeness (QED) is 0.697. The predicted octanol–water partition coefficient (Wildman–Crippen LogP) is 1.75. The topological polar surface area (TPSA) is 31.0 Å². The fraction of sp³-hybridized carbons (Fsp3) is 0.455. The van der Waals surface area contributed by atoms with E-state index in [0.717, 1.165) is 12.2 Å². The normalized spacial score (nSPS) is 18.9. The van der Waals surface area contributed by atoms with Crippen LogP contribution in [0.4, 0.5) is 4.39 Å². The van der Waals surface area contributed by atoms with Gasteiger partial charge in [0.15, 0.2) is 11.6 Å². The molecule has 4 heteroatoms. The van der Waals surface area contributed by atoms with Gasteiger partial charge in [0, 0.05) is 0 Å². The molecule has 1 atom stereocenters. The highest BCUT2D eigenvalue weighted by atomic mass is 19.1. The fourth-order valence-corrected chi connectivity index (χ4v) is 1.27. The van der Waals surface area contributed by atoms with Gasteiger partial charge < -0.3 is 14.2 Å². The molecule has 0 saturated carbocycles. The standard InChI is InChI=1S/C11H13FO3/c1-13-11-3-2-8(4-10(11)12)5-14-6-9-7-15-9/h2-4,9H,5-7H2,1H3/t9-/m1/s1. The van der Waals surface area contributed by atoms with E-state index in [9.17, 15) is 4.39 Å². The van der Waals surface area contributed by atoms with Crippen molar-refractivity contribution in [2.24, 2.45) is 0 Å². The monoisotopic (exact) mass is 212 g/mol. The Kier molecular flexibility index (Phi) is 3.18. The van der Waals surface area contributed by atoms with E-state index >= 15 is 0 Å². The minimum atomic E-state index is -0.360. The van der Waals surface area contributed by atoms with Crippen LogP contribution in [0.25, 0.3) is 0 Å². The van der Waals surface area contributed by atoms with Crippen LogP contribution in [0.2, 0.25) is 0 Å². The molecule has 3 nitrogen and oxygen atoms in total. The molecule has 0 bridgehead atoms. The maximum atomic E-state index is 13.2. The van der Waals surface area contributed by atoms with Crippen LogP contribution in [0, 0.1) is 5.82 Å². The molecule has 0 unspecified atom stereocenters. The van der Waals surface area contributed by atoms with Gasteiger partial charge >= 0.3 is 0 Å². The number of ether oxygens (including phenoxy) is 3. The number of rotatable bonds is 5. The molecule has 82 valence electrons. The molecule has 1 heterocycles. The van der Waals surface area contributed by atoms with Gasteiger partial charge in [0.1, 0.15) is 6.10 Å². The summed E-state index contributed by atoms with van der Waals surface area (Å²) in [6, 6.07) is 4.81. The first-order valence-electron chi connectivity index (χ1n) is 4.81. The Morgan fingerprint density at radius 2 is 2.33 bits per heavy atom. The van der Waals surface area contributed by atoms with E-state index in [0.29, 0.717) is 13.2 Å². The van der Waals surface area contributed by atoms with Crippen LogP contribution in [-0.4, -0.2) is 26.4 Å². The molecule has 1 aromatic carbocycles. The summed E-state index contributed by atoms with van der Waals surface area (Å²) in [7, 11) is 1.44. The van der Waals surface area contributed by atoms with Crippen molar-refractivity contribution in [2.75, 3.05) is 20.3 Å². The Morgan fingerprint density at radius 3 is 2.93 bits per heavy atom. The van der Waals surface area contributed by atoms with Crippen molar-refractivity contribution < 1.29 is 18.6 Å². The first-order chi connectivity index (χ1) is 7.29. The zero-order valence-electron chi connectivity index (χ0n) is 8.53. The smallest absolute Gasteiger partial charge is 0.165 e. The lowest BCUT2D eigenvalue weighted by Gasteiger charge is -2.05. The highest BCUT2D eigenvalue weighted by molar-refractivity contribution is 5.28. The molecule has 0 aliphatic carbocycles. The van der Waals surface area contributed by atoms with Crippen molar-refractivity contribution in [3.8, 4) is 5.75 Å². The van der Waals surface area contributed by atoms with Gasteiger partial charge in [-0.1, -0.05) is 6.07 Å². The second kappa shape index (κ2) is 4.59. The van der Waals surface area contributed by atoms with Crippen molar-refractivity contribution in [1.82, 2.24) is 0 Å². The predicted molar refractivity (Wildman–Crippen MR) is 52.3 cm³/mol. The van der Waals surface area contributed by atoms with Crippen LogP contribution in [0.15, 0.2) is 18.2 Å². The van der Waals surface area contributed by atoms with E-state index in [-0.39, 0.29) is 17.7 Å². The summed E-state index contributed by atoms with van der Waals surface area (Å²) in [5.41, 5.74) is 0.800. The van der Waals surface area contributed by atoms with Gasteiger partial charge in [-0.25, -0.2) is 4.39 Å². The molecule has 15 heavy (non-hydrogen) atoms. The van der Waals surface area contributed by atoms with Gasteiger partial charge in [-0.2, -0.15) is 0 Å². The van der Waals surface area contributed by atoms with Gasteiger partial charge in [0.25, 0.3) is 0 Å². The summed E-state index contributed by atoms with van der Waals surface area (Å²) in [4.78, 5) is 0. The zero-order chi connectivity index (χ0) is 10.7. The largest absolute Gasteiger partial charge is 0.494 e. The number of hydrogen-bond acceptors (Lipinski definition) is 3. The van der Waals surface area contributed by atoms with Crippen molar-refractivity contribution >= 4 is 0 Å². The molecule has 1 aromatic rings. The lowest BCUT2D eigenvalue weighted by Crippen LogP contribution is -2.01. The SMILES string of the molecule is COc1ccc(COC[C@@H]2CO2)cc1F. The van der Waals surface area contributed by atoms with Crippen LogP contribution < -0.4 is 4.74 Å². The minimum Gasteiger partial charge on any atom is -0.494 e. The summed E-state index contributed by atoms with van der Waals surface area (Å²) in [6.45, 7) is 1.76. The molecule has 2 rings (SSSR count). The Balaban J connectivity index is 1.87. The number of benzene rings is 1. The van der Waals surface area contributed by atoms with Crippen LogP contribution >= 0.6 is 0 Å². The number of epoxide rings is 1. The van der Waals surface area contributed by atoms with Crippen molar-refractivity contribution in [1.29, 1.82) is 0 Å². The van der Waals surface area contributed by atoms with Crippen LogP contribution in [0.5, 0.6) is 5.75 Å². The number of methoxy groups -OCH3 is 1. The lowest BCUT2D eigenvalue weighted by molar-refractivity contribution is 0.104. The van der Waals surface area contributed by atoms with Crippen molar-refractivity contribution in [3.63, 3.8) is 0 Å². The molecule has 1 aliphatic heterocycles. The summed E-state index contributed by atoms with van der Waals surface area (Å²) >= 11 is 0. The molecule has 0 amide bonds. The Bertz CT molecular complexity index is 337. The van der Waals surface area contributed by atoms with Crippen LogP contribution in [0.1, 0.15) is 5.56 Å². The van der Waals surface area contributed by atoms with E-state index in [4.69, 9.17) is 14.2 Å². The maximum absolute atomic E-state index is 13.2. The number of hydrogen-bond donors (Lipinski definition) is 0. The number of halogens is 1. The highest BCUT2D eigenvalue weighted by Crippen LogP contribution is 2.18. The third kappa shape index (κ3) is 2.91. The summed E-state index contributed by atoms with van der Waals surface area (Å²) in [5, 5.41) is 0. The molecule has 0 spiro atoms. The van der Waals surface area contributed by atoms with Crippen LogP contribution in [0.3, 0.4) is 0 Å². The molecule has 1 fully saturated rings. The van der Waals surface area contributed by atoms with Gasteiger partial charge in [0.2, 0.25) is 0 Å². The van der Waals surface area contributed by atoms with E-state index in [1.54, 1.807) is 12.1 Å². The first kappa shape index (κ1) is 10.4. The van der Waals surface area contributed by atoms with E-state index in [1.807, 2.05) is 0 Å². The van der Waals surface area contributed by atoms with Gasteiger partial charge in [-0.3, -0.25) is 0 Å². The third-order valence-corrected chi connectivity index (χ3v) is 2.19. The molecular weight excluding hydrogens is 199 g/mol. The Morgan fingerprint density at radius 1 is 1.53 bits per heavy atom. The second-order valence-electron chi connectivity index (χ2n) is 3.44. The molecule has 1 aliphatic rings. The minimum absolute atomic E-state index is 0.244. The highest BCUT2D eigenvalue weighted by Gasteiger charge is 2.22. The van der Waals surface area contributed by atoms with Crippen molar-refractivity contribution in [2.45, 2.75) is 12.7 Å². The lowest BCUT2D eigenvalue weighted by atomic mass is 10.2. The summed E-state index contributed by atoms with van der Waals surface area (Å²) < 4.78 is 28.4. The fourth-order valence-electron chi connectivity index (χ4n) is 1.27. The van der Waals surface area contributed by atoms with E-state index in [1.165, 1.54) is 13.2 Å².